The van der Waals surface area contributed by atoms with Crippen molar-refractivity contribution in [1.82, 2.24) is 0 Å². The van der Waals surface area contributed by atoms with Crippen LogP contribution in [0.2, 0.25) is 0 Å². The summed E-state index contributed by atoms with van der Waals surface area (Å²) in [5.74, 6) is -3.48. The minimum atomic E-state index is -1.39. The van der Waals surface area contributed by atoms with Gasteiger partial charge in [-0.1, -0.05) is 0 Å². The first-order valence-corrected chi connectivity index (χ1v) is 6.40. The van der Waals surface area contributed by atoms with E-state index in [1.165, 1.54) is 11.3 Å². The van der Waals surface area contributed by atoms with Crippen molar-refractivity contribution < 1.29 is 19.4 Å². The topological polar surface area (TPSA) is 89.6 Å². The van der Waals surface area contributed by atoms with Crippen LogP contribution in [0.5, 0.6) is 0 Å². The smallest absolute Gasteiger partial charge is 0.322 e. The highest BCUT2D eigenvalue weighted by Crippen LogP contribution is 2.25. The Morgan fingerprint density at radius 2 is 2.06 bits per heavy atom. The Bertz CT molecular complexity index is 422. The number of carboxylic acid groups (broad SMARTS) is 1. The Morgan fingerprint density at radius 3 is 2.44 bits per heavy atom. The first kappa shape index (κ1) is 14.7. The third-order valence-electron chi connectivity index (χ3n) is 2.21. The van der Waals surface area contributed by atoms with Gasteiger partial charge >= 0.3 is 11.9 Å². The second-order valence-electron chi connectivity index (χ2n) is 4.93. The molecule has 1 heterocycles. The van der Waals surface area contributed by atoms with Gasteiger partial charge in [-0.15, -0.1) is 0 Å². The molecule has 0 bridgehead atoms. The average Bonchev–Trinajstić information content (AvgIpc) is 2.65. The first-order valence-electron chi connectivity index (χ1n) is 5.45. The molecule has 0 saturated carbocycles. The van der Waals surface area contributed by atoms with Crippen molar-refractivity contribution in [2.75, 3.05) is 0 Å². The number of carboxylic acids is 1. The zero-order chi connectivity index (χ0) is 13.9. The van der Waals surface area contributed by atoms with Crippen molar-refractivity contribution in [3.05, 3.63) is 22.4 Å². The van der Waals surface area contributed by atoms with Crippen molar-refractivity contribution in [1.29, 1.82) is 0 Å². The molecule has 18 heavy (non-hydrogen) atoms. The van der Waals surface area contributed by atoms with E-state index >= 15 is 0 Å². The maximum Gasteiger partial charge on any atom is 0.322 e. The molecule has 3 N–H and O–H groups in total. The van der Waals surface area contributed by atoms with Gasteiger partial charge in [0, 0.05) is 0 Å². The van der Waals surface area contributed by atoms with Crippen molar-refractivity contribution >= 4 is 23.3 Å². The minimum absolute atomic E-state index is 0.623. The normalized spacial score (nSPS) is 14.9. The van der Waals surface area contributed by atoms with Gasteiger partial charge in [-0.25, -0.2) is 0 Å². The lowest BCUT2D eigenvalue weighted by Gasteiger charge is -2.24. The van der Waals surface area contributed by atoms with E-state index in [0.717, 1.165) is 0 Å². The van der Waals surface area contributed by atoms with Crippen LogP contribution in [-0.2, 0) is 14.3 Å². The highest BCUT2D eigenvalue weighted by molar-refractivity contribution is 7.08. The molecule has 1 unspecified atom stereocenters. The Kier molecular flexibility index (Phi) is 4.48. The number of carbonyl (C=O) groups excluding carboxylic acids is 1. The summed E-state index contributed by atoms with van der Waals surface area (Å²) in [6.45, 7) is 5.04. The van der Waals surface area contributed by atoms with Gasteiger partial charge in [-0.2, -0.15) is 11.3 Å². The van der Waals surface area contributed by atoms with Gasteiger partial charge in [0.2, 0.25) is 0 Å². The molecular formula is C12H17NO4S. The van der Waals surface area contributed by atoms with E-state index in [1.54, 1.807) is 37.6 Å². The lowest BCUT2D eigenvalue weighted by atomic mass is 9.95. The van der Waals surface area contributed by atoms with Gasteiger partial charge in [0.25, 0.3) is 0 Å². The maximum absolute atomic E-state index is 11.9. The molecule has 0 amide bonds. The fourth-order valence-electron chi connectivity index (χ4n) is 1.42. The fraction of sp³-hybridized carbons (Fsp3) is 0.500. The Labute approximate surface area is 110 Å². The summed E-state index contributed by atoms with van der Waals surface area (Å²) >= 11 is 1.40. The Balaban J connectivity index is 2.90. The third kappa shape index (κ3) is 3.82. The molecule has 0 aliphatic heterocycles. The zero-order valence-electron chi connectivity index (χ0n) is 10.5. The van der Waals surface area contributed by atoms with Crippen molar-refractivity contribution in [3.63, 3.8) is 0 Å². The molecule has 0 aromatic carbocycles. The number of hydrogen-bond acceptors (Lipinski definition) is 5. The summed E-state index contributed by atoms with van der Waals surface area (Å²) in [6, 6.07) is 0.805. The van der Waals surface area contributed by atoms with Gasteiger partial charge in [0.05, 0.1) is 6.04 Å². The largest absolute Gasteiger partial charge is 0.481 e. The fourth-order valence-corrected chi connectivity index (χ4v) is 2.13. The lowest BCUT2D eigenvalue weighted by molar-refractivity contribution is -0.167. The first-order chi connectivity index (χ1) is 8.22. The molecule has 2 atom stereocenters. The van der Waals surface area contributed by atoms with E-state index in [1.807, 2.05) is 0 Å². The van der Waals surface area contributed by atoms with E-state index in [4.69, 9.17) is 15.6 Å². The number of rotatable bonds is 4. The minimum Gasteiger partial charge on any atom is -0.481 e. The summed E-state index contributed by atoms with van der Waals surface area (Å²) < 4.78 is 5.08. The predicted molar refractivity (Wildman–Crippen MR) is 68.2 cm³/mol. The molecule has 5 nitrogen and oxygen atoms in total. The molecular weight excluding hydrogens is 254 g/mol. The van der Waals surface area contributed by atoms with Crippen molar-refractivity contribution in [3.8, 4) is 0 Å². The van der Waals surface area contributed by atoms with Crippen LogP contribution in [0.4, 0.5) is 0 Å². The van der Waals surface area contributed by atoms with E-state index in [9.17, 15) is 9.59 Å². The van der Waals surface area contributed by atoms with Crippen LogP contribution in [0.1, 0.15) is 32.4 Å². The van der Waals surface area contributed by atoms with E-state index in [0.29, 0.717) is 5.56 Å². The number of thiophene rings is 1. The number of hydrogen-bond donors (Lipinski definition) is 2. The second-order valence-corrected chi connectivity index (χ2v) is 5.71. The van der Waals surface area contributed by atoms with Gasteiger partial charge < -0.3 is 15.6 Å². The molecule has 0 fully saturated rings. The molecule has 6 heteroatoms. The molecule has 0 spiro atoms. The Hall–Kier alpha value is -1.40. The van der Waals surface area contributed by atoms with Gasteiger partial charge in [0.15, 0.2) is 5.92 Å². The summed E-state index contributed by atoms with van der Waals surface area (Å²) in [5, 5.41) is 12.6. The van der Waals surface area contributed by atoms with Gasteiger partial charge in [-0.05, 0) is 43.2 Å². The summed E-state index contributed by atoms with van der Waals surface area (Å²) in [5.41, 5.74) is 5.72. The standard InChI is InChI=1S/C12H17NO4S/c1-12(2,3)17-11(16)8(10(14)15)9(13)7-4-5-18-6-7/h4-6,8-9H,13H2,1-3H3,(H,14,15)/t8-,9?/m1/s1. The third-order valence-corrected chi connectivity index (χ3v) is 2.92. The molecule has 0 aliphatic carbocycles. The summed E-state index contributed by atoms with van der Waals surface area (Å²) in [7, 11) is 0. The average molecular weight is 271 g/mol. The number of ether oxygens (including phenoxy) is 1. The number of esters is 1. The number of aliphatic carboxylic acids is 1. The highest BCUT2D eigenvalue weighted by atomic mass is 32.1. The van der Waals surface area contributed by atoms with Crippen molar-refractivity contribution in [2.45, 2.75) is 32.4 Å². The SMILES string of the molecule is CC(C)(C)OC(=O)[C@@H](C(=O)O)C(N)c1ccsc1. The molecule has 0 aliphatic rings. The summed E-state index contributed by atoms with van der Waals surface area (Å²) in [4.78, 5) is 23.0. The quantitative estimate of drug-likeness (QED) is 0.643. The second kappa shape index (κ2) is 5.49. The molecule has 100 valence electrons. The molecule has 0 saturated heterocycles. The highest BCUT2D eigenvalue weighted by Gasteiger charge is 2.37. The van der Waals surface area contributed by atoms with Crippen molar-refractivity contribution in [2.24, 2.45) is 11.7 Å². The Morgan fingerprint density at radius 1 is 1.44 bits per heavy atom. The van der Waals surface area contributed by atoms with Crippen LogP contribution in [0, 0.1) is 5.92 Å². The van der Waals surface area contributed by atoms with Crippen LogP contribution < -0.4 is 5.73 Å². The van der Waals surface area contributed by atoms with Crippen LogP contribution in [0.25, 0.3) is 0 Å². The number of carbonyl (C=O) groups is 2. The molecule has 1 rings (SSSR count). The van der Waals surface area contributed by atoms with E-state index < -0.39 is 29.5 Å². The van der Waals surface area contributed by atoms with E-state index in [2.05, 4.69) is 0 Å². The van der Waals surface area contributed by atoms with Crippen LogP contribution in [-0.4, -0.2) is 22.6 Å². The van der Waals surface area contributed by atoms with Gasteiger partial charge in [-0.3, -0.25) is 9.59 Å². The lowest BCUT2D eigenvalue weighted by Crippen LogP contribution is -2.39. The predicted octanol–water partition coefficient (Wildman–Crippen LogP) is 1.79. The summed E-state index contributed by atoms with van der Waals surface area (Å²) in [6.07, 6.45) is 0. The van der Waals surface area contributed by atoms with E-state index in [-0.39, 0.29) is 0 Å². The zero-order valence-corrected chi connectivity index (χ0v) is 11.4. The number of nitrogens with two attached hydrogens (primary N) is 1. The molecule has 1 aromatic rings. The van der Waals surface area contributed by atoms with Crippen LogP contribution >= 0.6 is 11.3 Å². The van der Waals surface area contributed by atoms with Gasteiger partial charge in [0.1, 0.15) is 5.60 Å². The molecule has 0 radical (unpaired) electrons. The monoisotopic (exact) mass is 271 g/mol. The molecule has 1 aromatic heterocycles. The van der Waals surface area contributed by atoms with Crippen LogP contribution in [0.15, 0.2) is 16.8 Å². The van der Waals surface area contributed by atoms with Crippen LogP contribution in [0.3, 0.4) is 0 Å². The maximum atomic E-state index is 11.9.